The summed E-state index contributed by atoms with van der Waals surface area (Å²) in [6.45, 7) is 2.04. The molecule has 6 nitrogen and oxygen atoms in total. The Hall–Kier alpha value is -2.05. The molecule has 1 saturated heterocycles. The van der Waals surface area contributed by atoms with Crippen molar-refractivity contribution >= 4 is 5.95 Å². The molecule has 0 radical (unpaired) electrons. The first-order valence-electron chi connectivity index (χ1n) is 8.07. The summed E-state index contributed by atoms with van der Waals surface area (Å²) < 4.78 is 12.2. The minimum absolute atomic E-state index is 0.0431. The maximum atomic E-state index is 6.23. The minimum Gasteiger partial charge on any atom is -0.374 e. The zero-order chi connectivity index (χ0) is 15.5. The number of anilines is 1. The summed E-state index contributed by atoms with van der Waals surface area (Å²) in [6.07, 6.45) is 9.45. The Bertz CT molecular complexity index is 625. The van der Waals surface area contributed by atoms with Crippen molar-refractivity contribution in [2.45, 2.75) is 37.7 Å². The van der Waals surface area contributed by atoms with Gasteiger partial charge in [0.15, 0.2) is 0 Å². The molecule has 3 heterocycles. The van der Waals surface area contributed by atoms with Crippen LogP contribution in [0.25, 0.3) is 0 Å². The van der Waals surface area contributed by atoms with Crippen LogP contribution in [0.3, 0.4) is 0 Å². The van der Waals surface area contributed by atoms with Gasteiger partial charge >= 0.3 is 0 Å². The van der Waals surface area contributed by atoms with E-state index in [0.717, 1.165) is 30.9 Å². The Labute approximate surface area is 135 Å². The number of hydrogen-bond acceptors (Lipinski definition) is 6. The van der Waals surface area contributed by atoms with Crippen molar-refractivity contribution in [3.63, 3.8) is 0 Å². The Morgan fingerprint density at radius 2 is 2.09 bits per heavy atom. The molecule has 0 spiro atoms. The molecule has 2 aromatic heterocycles. The number of hydrogen-bond donors (Lipinski definition) is 0. The van der Waals surface area contributed by atoms with Crippen LogP contribution in [0, 0.1) is 0 Å². The summed E-state index contributed by atoms with van der Waals surface area (Å²) in [5.41, 5.74) is 1.08. The van der Waals surface area contributed by atoms with Crippen molar-refractivity contribution in [1.29, 1.82) is 0 Å². The molecule has 1 aliphatic heterocycles. The van der Waals surface area contributed by atoms with Gasteiger partial charge in [-0.15, -0.1) is 0 Å². The third kappa shape index (κ3) is 3.04. The van der Waals surface area contributed by atoms with Gasteiger partial charge in [0.25, 0.3) is 0 Å². The van der Waals surface area contributed by atoms with E-state index < -0.39 is 0 Å². The van der Waals surface area contributed by atoms with Crippen LogP contribution in [0.15, 0.2) is 43.0 Å². The quantitative estimate of drug-likeness (QED) is 0.858. The van der Waals surface area contributed by atoms with Crippen LogP contribution in [-0.4, -0.2) is 46.4 Å². The average molecular weight is 312 g/mol. The zero-order valence-corrected chi connectivity index (χ0v) is 12.9. The summed E-state index contributed by atoms with van der Waals surface area (Å²) in [7, 11) is 0. The first-order valence-corrected chi connectivity index (χ1v) is 8.07. The summed E-state index contributed by atoms with van der Waals surface area (Å²) in [6, 6.07) is 6.07. The van der Waals surface area contributed by atoms with Gasteiger partial charge in [-0.1, -0.05) is 6.07 Å². The zero-order valence-electron chi connectivity index (χ0n) is 12.9. The second-order valence-corrected chi connectivity index (χ2v) is 5.93. The summed E-state index contributed by atoms with van der Waals surface area (Å²) >= 11 is 0. The number of pyridine rings is 1. The van der Waals surface area contributed by atoms with E-state index in [1.807, 2.05) is 24.4 Å². The van der Waals surface area contributed by atoms with Gasteiger partial charge in [0.1, 0.15) is 6.10 Å². The molecule has 3 atom stereocenters. The van der Waals surface area contributed by atoms with E-state index in [-0.39, 0.29) is 18.2 Å². The molecular weight excluding hydrogens is 292 g/mol. The van der Waals surface area contributed by atoms with E-state index >= 15 is 0 Å². The minimum atomic E-state index is 0.0431. The normalized spacial score (nSPS) is 27.0. The molecule has 0 amide bonds. The fourth-order valence-corrected chi connectivity index (χ4v) is 3.47. The molecule has 23 heavy (non-hydrogen) atoms. The molecule has 2 aliphatic rings. The molecule has 1 saturated carbocycles. The molecule has 120 valence electrons. The van der Waals surface area contributed by atoms with Gasteiger partial charge in [0.2, 0.25) is 5.95 Å². The second-order valence-electron chi connectivity index (χ2n) is 5.93. The molecule has 0 N–H and O–H groups in total. The van der Waals surface area contributed by atoms with Crippen molar-refractivity contribution in [1.82, 2.24) is 15.0 Å². The van der Waals surface area contributed by atoms with Crippen LogP contribution in [0.5, 0.6) is 0 Å². The van der Waals surface area contributed by atoms with Crippen LogP contribution in [0.2, 0.25) is 0 Å². The molecule has 0 unspecified atom stereocenters. The highest BCUT2D eigenvalue weighted by molar-refractivity contribution is 5.33. The Balaban J connectivity index is 1.52. The predicted molar refractivity (Wildman–Crippen MR) is 85.0 cm³/mol. The third-order valence-electron chi connectivity index (χ3n) is 4.53. The lowest BCUT2D eigenvalue weighted by molar-refractivity contribution is -0.0555. The number of fused-ring (bicyclic) bond motifs is 2. The van der Waals surface area contributed by atoms with Gasteiger partial charge in [-0.3, -0.25) is 4.98 Å². The Morgan fingerprint density at radius 3 is 2.91 bits per heavy atom. The van der Waals surface area contributed by atoms with Crippen LogP contribution < -0.4 is 4.90 Å². The lowest BCUT2D eigenvalue weighted by Gasteiger charge is -2.31. The van der Waals surface area contributed by atoms with Crippen LogP contribution in [0.4, 0.5) is 5.95 Å². The van der Waals surface area contributed by atoms with Gasteiger partial charge in [-0.05, 0) is 30.5 Å². The van der Waals surface area contributed by atoms with E-state index in [4.69, 9.17) is 9.47 Å². The SMILES string of the molecule is c1cnc(N2CCO[C@H]3CC[C@H]2[C@H]3OCc2cccnc2)nc1. The second kappa shape index (κ2) is 6.60. The lowest BCUT2D eigenvalue weighted by atomic mass is 10.1. The van der Waals surface area contributed by atoms with Crippen molar-refractivity contribution in [3.05, 3.63) is 48.5 Å². The molecule has 2 bridgehead atoms. The number of nitrogens with zero attached hydrogens (tertiary/aromatic N) is 4. The molecule has 2 fully saturated rings. The highest BCUT2D eigenvalue weighted by Gasteiger charge is 2.43. The fourth-order valence-electron chi connectivity index (χ4n) is 3.47. The van der Waals surface area contributed by atoms with Crippen molar-refractivity contribution in [2.24, 2.45) is 0 Å². The highest BCUT2D eigenvalue weighted by atomic mass is 16.5. The average Bonchev–Trinajstić information content (AvgIpc) is 2.90. The van der Waals surface area contributed by atoms with E-state index in [9.17, 15) is 0 Å². The van der Waals surface area contributed by atoms with Crippen molar-refractivity contribution in [3.8, 4) is 0 Å². The van der Waals surface area contributed by atoms with Crippen molar-refractivity contribution < 1.29 is 9.47 Å². The van der Waals surface area contributed by atoms with Gasteiger partial charge in [-0.2, -0.15) is 0 Å². The Kier molecular flexibility index (Phi) is 4.17. The lowest BCUT2D eigenvalue weighted by Crippen LogP contribution is -2.44. The van der Waals surface area contributed by atoms with Crippen LogP contribution in [-0.2, 0) is 16.1 Å². The molecule has 6 heteroatoms. The smallest absolute Gasteiger partial charge is 0.225 e. The monoisotopic (exact) mass is 312 g/mol. The van der Waals surface area contributed by atoms with Crippen LogP contribution >= 0.6 is 0 Å². The summed E-state index contributed by atoms with van der Waals surface area (Å²) in [5, 5.41) is 0. The predicted octanol–water partition coefficient (Wildman–Crippen LogP) is 1.82. The van der Waals surface area contributed by atoms with E-state index in [1.165, 1.54) is 0 Å². The standard InChI is InChI=1S/C17H20N4O2/c1-3-13(11-18-6-1)12-23-16-14-4-5-15(16)22-10-9-21(14)17-19-7-2-8-20-17/h1-3,6-8,11,14-16H,4-5,9-10,12H2/t14-,15-,16+/m0/s1. The Morgan fingerprint density at radius 1 is 1.17 bits per heavy atom. The summed E-state index contributed by atoms with van der Waals surface area (Å²) in [4.78, 5) is 15.2. The molecule has 2 aromatic rings. The van der Waals surface area contributed by atoms with Crippen LogP contribution in [0.1, 0.15) is 18.4 Å². The third-order valence-corrected chi connectivity index (χ3v) is 4.53. The molecular formula is C17H20N4O2. The molecule has 0 aromatic carbocycles. The number of rotatable bonds is 4. The maximum Gasteiger partial charge on any atom is 0.225 e. The molecule has 1 aliphatic carbocycles. The topological polar surface area (TPSA) is 60.4 Å². The van der Waals surface area contributed by atoms with Gasteiger partial charge in [0.05, 0.1) is 25.4 Å². The van der Waals surface area contributed by atoms with Gasteiger partial charge in [-0.25, -0.2) is 9.97 Å². The largest absolute Gasteiger partial charge is 0.374 e. The van der Waals surface area contributed by atoms with E-state index in [0.29, 0.717) is 13.2 Å². The maximum absolute atomic E-state index is 6.23. The van der Waals surface area contributed by atoms with Crippen molar-refractivity contribution in [2.75, 3.05) is 18.1 Å². The summed E-state index contributed by atoms with van der Waals surface area (Å²) in [5.74, 6) is 0.763. The van der Waals surface area contributed by atoms with E-state index in [2.05, 4.69) is 19.9 Å². The fraction of sp³-hybridized carbons (Fsp3) is 0.471. The highest BCUT2D eigenvalue weighted by Crippen LogP contribution is 2.33. The van der Waals surface area contributed by atoms with Gasteiger partial charge < -0.3 is 14.4 Å². The van der Waals surface area contributed by atoms with E-state index in [1.54, 1.807) is 18.6 Å². The first-order chi connectivity index (χ1) is 11.4. The van der Waals surface area contributed by atoms with Gasteiger partial charge in [0, 0.05) is 31.3 Å². The number of aromatic nitrogens is 3. The first kappa shape index (κ1) is 14.5. The number of ether oxygens (including phenoxy) is 2. The molecule has 4 rings (SSSR count).